The van der Waals surface area contributed by atoms with Gasteiger partial charge in [0.2, 0.25) is 0 Å². The molecule has 0 fully saturated rings. The summed E-state index contributed by atoms with van der Waals surface area (Å²) in [7, 11) is 0. The van der Waals surface area contributed by atoms with E-state index < -0.39 is 12.0 Å². The summed E-state index contributed by atoms with van der Waals surface area (Å²) in [5.74, 6) is -0.452. The van der Waals surface area contributed by atoms with Crippen molar-refractivity contribution in [2.24, 2.45) is 0 Å². The van der Waals surface area contributed by atoms with Crippen LogP contribution in [0.4, 0.5) is 0 Å². The highest BCUT2D eigenvalue weighted by atomic mass is 32.1. The molecule has 3 rings (SSSR count). The van der Waals surface area contributed by atoms with Crippen molar-refractivity contribution >= 4 is 27.5 Å². The van der Waals surface area contributed by atoms with Crippen LogP contribution in [0, 0.1) is 13.8 Å². The zero-order valence-corrected chi connectivity index (χ0v) is 14.6. The smallest absolute Gasteiger partial charge is 0.329 e. The van der Waals surface area contributed by atoms with Crippen LogP contribution in [-0.4, -0.2) is 15.5 Å². The van der Waals surface area contributed by atoms with Gasteiger partial charge in [0, 0.05) is 4.88 Å². The molecule has 0 aliphatic rings. The Bertz CT molecular complexity index is 944. The SMILES string of the molecule is Cc1sc2ncn(C(C)C(=O)OCc3ccccc3)c(=O)c2c1C. The Morgan fingerprint density at radius 1 is 1.29 bits per heavy atom. The van der Waals surface area contributed by atoms with Crippen LogP contribution in [-0.2, 0) is 16.1 Å². The van der Waals surface area contributed by atoms with Gasteiger partial charge in [-0.25, -0.2) is 9.78 Å². The lowest BCUT2D eigenvalue weighted by molar-refractivity contribution is -0.148. The number of aromatic nitrogens is 2. The zero-order valence-electron chi connectivity index (χ0n) is 13.8. The molecule has 124 valence electrons. The van der Waals surface area contributed by atoms with Crippen molar-refractivity contribution in [2.75, 3.05) is 0 Å². The molecule has 0 bridgehead atoms. The normalized spacial score (nSPS) is 12.3. The van der Waals surface area contributed by atoms with E-state index in [4.69, 9.17) is 4.74 Å². The summed E-state index contributed by atoms with van der Waals surface area (Å²) in [6.07, 6.45) is 1.43. The maximum absolute atomic E-state index is 12.7. The molecule has 0 amide bonds. The number of hydrogen-bond acceptors (Lipinski definition) is 5. The summed E-state index contributed by atoms with van der Waals surface area (Å²) in [4.78, 5) is 31.1. The Morgan fingerprint density at radius 3 is 2.71 bits per heavy atom. The summed E-state index contributed by atoms with van der Waals surface area (Å²) in [5, 5.41) is 0.586. The van der Waals surface area contributed by atoms with Gasteiger partial charge in [0.15, 0.2) is 0 Å². The van der Waals surface area contributed by atoms with E-state index >= 15 is 0 Å². The van der Waals surface area contributed by atoms with Gasteiger partial charge in [0.25, 0.3) is 5.56 Å². The number of carbonyl (C=O) groups is 1. The number of thiophene rings is 1. The van der Waals surface area contributed by atoms with Crippen molar-refractivity contribution in [3.8, 4) is 0 Å². The van der Waals surface area contributed by atoms with Crippen molar-refractivity contribution in [3.05, 3.63) is 63.0 Å². The van der Waals surface area contributed by atoms with Gasteiger partial charge in [-0.15, -0.1) is 11.3 Å². The van der Waals surface area contributed by atoms with Crippen molar-refractivity contribution < 1.29 is 9.53 Å². The molecule has 0 aliphatic carbocycles. The Labute approximate surface area is 143 Å². The first kappa shape index (κ1) is 16.4. The first-order chi connectivity index (χ1) is 11.5. The number of rotatable bonds is 4. The highest BCUT2D eigenvalue weighted by Crippen LogP contribution is 2.26. The van der Waals surface area contributed by atoms with Crippen molar-refractivity contribution in [3.63, 3.8) is 0 Å². The molecule has 0 saturated heterocycles. The fraction of sp³-hybridized carbons (Fsp3) is 0.278. The molecule has 0 N–H and O–H groups in total. The van der Waals surface area contributed by atoms with Crippen LogP contribution in [0.1, 0.15) is 29.0 Å². The summed E-state index contributed by atoms with van der Waals surface area (Å²) in [6, 6.07) is 8.72. The lowest BCUT2D eigenvalue weighted by atomic mass is 10.2. The van der Waals surface area contributed by atoms with Crippen LogP contribution < -0.4 is 5.56 Å². The average Bonchev–Trinajstić information content (AvgIpc) is 2.88. The number of benzene rings is 1. The Hall–Kier alpha value is -2.47. The highest BCUT2D eigenvalue weighted by Gasteiger charge is 2.21. The van der Waals surface area contributed by atoms with E-state index in [2.05, 4.69) is 4.98 Å². The van der Waals surface area contributed by atoms with Gasteiger partial charge in [-0.05, 0) is 31.9 Å². The Balaban J connectivity index is 1.84. The van der Waals surface area contributed by atoms with Crippen LogP contribution in [0.5, 0.6) is 0 Å². The van der Waals surface area contributed by atoms with Crippen LogP contribution >= 0.6 is 11.3 Å². The highest BCUT2D eigenvalue weighted by molar-refractivity contribution is 7.18. The molecule has 0 saturated carbocycles. The number of ether oxygens (including phenoxy) is 1. The minimum absolute atomic E-state index is 0.186. The average molecular weight is 342 g/mol. The predicted octanol–water partition coefficient (Wildman–Crippen LogP) is 3.38. The molecule has 0 aliphatic heterocycles. The van der Waals surface area contributed by atoms with E-state index in [-0.39, 0.29) is 12.2 Å². The van der Waals surface area contributed by atoms with Crippen molar-refractivity contribution in [1.82, 2.24) is 9.55 Å². The molecule has 0 radical (unpaired) electrons. The summed E-state index contributed by atoms with van der Waals surface area (Å²) in [6.45, 7) is 5.70. The Morgan fingerprint density at radius 2 is 2.00 bits per heavy atom. The minimum atomic E-state index is -0.724. The van der Waals surface area contributed by atoms with Gasteiger partial charge in [-0.1, -0.05) is 30.3 Å². The van der Waals surface area contributed by atoms with E-state index in [1.54, 1.807) is 6.92 Å². The van der Waals surface area contributed by atoms with Crippen LogP contribution in [0.2, 0.25) is 0 Å². The van der Waals surface area contributed by atoms with Crippen molar-refractivity contribution in [1.29, 1.82) is 0 Å². The second-order valence-corrected chi connectivity index (χ2v) is 6.89. The predicted molar refractivity (Wildman–Crippen MR) is 94.3 cm³/mol. The maximum atomic E-state index is 12.7. The van der Waals surface area contributed by atoms with Gasteiger partial charge < -0.3 is 4.74 Å². The molecule has 1 atom stereocenters. The summed E-state index contributed by atoms with van der Waals surface area (Å²) in [5.41, 5.74) is 1.63. The quantitative estimate of drug-likeness (QED) is 0.682. The second-order valence-electron chi connectivity index (χ2n) is 5.69. The number of nitrogens with zero attached hydrogens (tertiary/aromatic N) is 2. The van der Waals surface area contributed by atoms with Crippen LogP contribution in [0.25, 0.3) is 10.2 Å². The topological polar surface area (TPSA) is 61.2 Å². The van der Waals surface area contributed by atoms with Gasteiger partial charge in [-0.3, -0.25) is 9.36 Å². The van der Waals surface area contributed by atoms with Gasteiger partial charge >= 0.3 is 5.97 Å². The maximum Gasteiger partial charge on any atom is 0.329 e. The van der Waals surface area contributed by atoms with Gasteiger partial charge in [-0.2, -0.15) is 0 Å². The molecule has 3 aromatic rings. The Kier molecular flexibility index (Phi) is 4.49. The molecule has 0 spiro atoms. The van der Waals surface area contributed by atoms with Crippen molar-refractivity contribution in [2.45, 2.75) is 33.4 Å². The third kappa shape index (κ3) is 2.97. The van der Waals surface area contributed by atoms with Gasteiger partial charge in [0.05, 0.1) is 11.7 Å². The van der Waals surface area contributed by atoms with E-state index in [0.29, 0.717) is 10.2 Å². The molecule has 2 heterocycles. The fourth-order valence-electron chi connectivity index (χ4n) is 2.49. The fourth-order valence-corrected chi connectivity index (χ4v) is 3.47. The largest absolute Gasteiger partial charge is 0.459 e. The molecule has 6 heteroatoms. The molecule has 5 nitrogen and oxygen atoms in total. The number of fused-ring (bicyclic) bond motifs is 1. The molecule has 1 aromatic carbocycles. The van der Waals surface area contributed by atoms with E-state index in [1.807, 2.05) is 44.2 Å². The van der Waals surface area contributed by atoms with E-state index in [1.165, 1.54) is 22.2 Å². The third-order valence-corrected chi connectivity index (χ3v) is 5.21. The minimum Gasteiger partial charge on any atom is -0.459 e. The standard InChI is InChI=1S/C18H18N2O3S/c1-11-13(3)24-16-15(11)17(21)20(10-19-16)12(2)18(22)23-9-14-7-5-4-6-8-14/h4-8,10,12H,9H2,1-3H3. The number of esters is 1. The summed E-state index contributed by atoms with van der Waals surface area (Å²) >= 11 is 1.49. The molecule has 24 heavy (non-hydrogen) atoms. The molecule has 2 aromatic heterocycles. The first-order valence-corrected chi connectivity index (χ1v) is 8.48. The zero-order chi connectivity index (χ0) is 17.3. The number of aryl methyl sites for hydroxylation is 2. The molecular formula is C18H18N2O3S. The molecular weight excluding hydrogens is 324 g/mol. The molecule has 1 unspecified atom stereocenters. The van der Waals surface area contributed by atoms with E-state index in [0.717, 1.165) is 16.0 Å². The first-order valence-electron chi connectivity index (χ1n) is 7.66. The summed E-state index contributed by atoms with van der Waals surface area (Å²) < 4.78 is 6.67. The monoisotopic (exact) mass is 342 g/mol. The number of hydrogen-bond donors (Lipinski definition) is 0. The van der Waals surface area contributed by atoms with Crippen LogP contribution in [0.15, 0.2) is 41.5 Å². The number of carbonyl (C=O) groups excluding carboxylic acids is 1. The van der Waals surface area contributed by atoms with Gasteiger partial charge in [0.1, 0.15) is 17.5 Å². The third-order valence-electron chi connectivity index (χ3n) is 4.10. The van der Waals surface area contributed by atoms with Crippen LogP contribution in [0.3, 0.4) is 0 Å². The van der Waals surface area contributed by atoms with E-state index in [9.17, 15) is 9.59 Å². The lowest BCUT2D eigenvalue weighted by Gasteiger charge is -2.14. The second kappa shape index (κ2) is 6.57. The lowest BCUT2D eigenvalue weighted by Crippen LogP contribution is -2.29.